The molecule has 1 heterocycles. The van der Waals surface area contributed by atoms with Gasteiger partial charge in [0.25, 0.3) is 0 Å². The Kier molecular flexibility index (Phi) is 3.65. The molecule has 0 radical (unpaired) electrons. The van der Waals surface area contributed by atoms with Gasteiger partial charge in [-0.2, -0.15) is 5.10 Å². The third kappa shape index (κ3) is 2.98. The maximum Gasteiger partial charge on any atom is 0.163 e. The number of anilines is 2. The molecule has 6 heteroatoms. The SMILES string of the molecule is NC(=S)c1ccnnc1Nc1cccc(Br)c1. The molecule has 0 aliphatic carbocycles. The van der Waals surface area contributed by atoms with Crippen LogP contribution in [-0.4, -0.2) is 15.2 Å². The Morgan fingerprint density at radius 3 is 2.88 bits per heavy atom. The van der Waals surface area contributed by atoms with Crippen molar-refractivity contribution in [3.63, 3.8) is 0 Å². The van der Waals surface area contributed by atoms with Crippen LogP contribution in [0.1, 0.15) is 5.56 Å². The van der Waals surface area contributed by atoms with Crippen molar-refractivity contribution in [3.05, 3.63) is 46.6 Å². The summed E-state index contributed by atoms with van der Waals surface area (Å²) in [6.45, 7) is 0. The van der Waals surface area contributed by atoms with Crippen molar-refractivity contribution in [2.24, 2.45) is 5.73 Å². The van der Waals surface area contributed by atoms with E-state index in [1.807, 2.05) is 24.3 Å². The average molecular weight is 309 g/mol. The zero-order valence-corrected chi connectivity index (χ0v) is 11.1. The molecule has 0 aliphatic rings. The third-order valence-corrected chi connectivity index (χ3v) is 2.79. The third-order valence-electron chi connectivity index (χ3n) is 2.07. The molecule has 1 aromatic carbocycles. The van der Waals surface area contributed by atoms with Gasteiger partial charge >= 0.3 is 0 Å². The van der Waals surface area contributed by atoms with Gasteiger partial charge in [-0.15, -0.1) is 5.10 Å². The molecule has 0 atom stereocenters. The number of thiocarbonyl (C=S) groups is 1. The summed E-state index contributed by atoms with van der Waals surface area (Å²) in [5.74, 6) is 0.554. The Labute approximate surface area is 112 Å². The second-order valence-corrected chi connectivity index (χ2v) is 4.65. The number of halogens is 1. The first kappa shape index (κ1) is 11.9. The van der Waals surface area contributed by atoms with Crippen molar-refractivity contribution >= 4 is 44.6 Å². The maximum absolute atomic E-state index is 5.61. The monoisotopic (exact) mass is 308 g/mol. The number of hydrogen-bond acceptors (Lipinski definition) is 4. The summed E-state index contributed by atoms with van der Waals surface area (Å²) in [7, 11) is 0. The Morgan fingerprint density at radius 2 is 2.18 bits per heavy atom. The lowest BCUT2D eigenvalue weighted by Gasteiger charge is -2.08. The van der Waals surface area contributed by atoms with Gasteiger partial charge in [0.1, 0.15) is 4.99 Å². The minimum atomic E-state index is 0.289. The van der Waals surface area contributed by atoms with Gasteiger partial charge in [-0.25, -0.2) is 0 Å². The summed E-state index contributed by atoms with van der Waals surface area (Å²) in [6.07, 6.45) is 1.56. The molecule has 0 aliphatic heterocycles. The number of aromatic nitrogens is 2. The van der Waals surface area contributed by atoms with Crippen LogP contribution in [0, 0.1) is 0 Å². The second kappa shape index (κ2) is 5.20. The lowest BCUT2D eigenvalue weighted by atomic mass is 10.2. The van der Waals surface area contributed by atoms with Crippen LogP contribution in [0.2, 0.25) is 0 Å². The van der Waals surface area contributed by atoms with Crippen LogP contribution in [0.15, 0.2) is 41.0 Å². The first-order valence-electron chi connectivity index (χ1n) is 4.81. The van der Waals surface area contributed by atoms with E-state index in [4.69, 9.17) is 18.0 Å². The molecule has 17 heavy (non-hydrogen) atoms. The van der Waals surface area contributed by atoms with E-state index in [-0.39, 0.29) is 4.99 Å². The first-order valence-corrected chi connectivity index (χ1v) is 6.01. The predicted octanol–water partition coefficient (Wildman–Crippen LogP) is 2.62. The fourth-order valence-electron chi connectivity index (χ4n) is 1.33. The largest absolute Gasteiger partial charge is 0.389 e. The van der Waals surface area contributed by atoms with E-state index in [9.17, 15) is 0 Å². The molecule has 2 aromatic rings. The van der Waals surface area contributed by atoms with E-state index in [1.165, 1.54) is 0 Å². The van der Waals surface area contributed by atoms with Gasteiger partial charge in [0.2, 0.25) is 0 Å². The Balaban J connectivity index is 2.33. The highest BCUT2D eigenvalue weighted by atomic mass is 79.9. The summed E-state index contributed by atoms with van der Waals surface area (Å²) in [5, 5.41) is 10.9. The van der Waals surface area contributed by atoms with Gasteiger partial charge in [-0.1, -0.05) is 34.2 Å². The smallest absolute Gasteiger partial charge is 0.163 e. The zero-order valence-electron chi connectivity index (χ0n) is 8.72. The second-order valence-electron chi connectivity index (χ2n) is 3.29. The fraction of sp³-hybridized carbons (Fsp3) is 0. The van der Waals surface area contributed by atoms with Crippen molar-refractivity contribution in [2.75, 3.05) is 5.32 Å². The van der Waals surface area contributed by atoms with Crippen molar-refractivity contribution in [1.29, 1.82) is 0 Å². The van der Waals surface area contributed by atoms with Crippen molar-refractivity contribution in [1.82, 2.24) is 10.2 Å². The molecule has 0 amide bonds. The maximum atomic E-state index is 5.61. The number of benzene rings is 1. The molecule has 0 saturated carbocycles. The van der Waals surface area contributed by atoms with Crippen LogP contribution in [0.3, 0.4) is 0 Å². The number of hydrogen-bond donors (Lipinski definition) is 2. The van der Waals surface area contributed by atoms with Crippen LogP contribution in [0.4, 0.5) is 11.5 Å². The molecule has 0 spiro atoms. The van der Waals surface area contributed by atoms with E-state index < -0.39 is 0 Å². The molecule has 4 nitrogen and oxygen atoms in total. The lowest BCUT2D eigenvalue weighted by molar-refractivity contribution is 1.03. The van der Waals surface area contributed by atoms with Gasteiger partial charge in [0, 0.05) is 10.2 Å². The highest BCUT2D eigenvalue weighted by Gasteiger charge is 2.06. The quantitative estimate of drug-likeness (QED) is 0.853. The summed E-state index contributed by atoms with van der Waals surface area (Å²) in [6, 6.07) is 9.44. The Bertz CT molecular complexity index is 559. The lowest BCUT2D eigenvalue weighted by Crippen LogP contribution is -2.13. The fourth-order valence-corrected chi connectivity index (χ4v) is 1.89. The molecular formula is C11H9BrN4S. The summed E-state index contributed by atoms with van der Waals surface area (Å²) in [4.78, 5) is 0.289. The molecular weight excluding hydrogens is 300 g/mol. The van der Waals surface area contributed by atoms with Crippen LogP contribution in [0.25, 0.3) is 0 Å². The van der Waals surface area contributed by atoms with Gasteiger partial charge in [-0.3, -0.25) is 0 Å². The topological polar surface area (TPSA) is 63.8 Å². The standard InChI is InChI=1S/C11H9BrN4S/c12-7-2-1-3-8(6-7)15-11-9(10(13)17)4-5-14-16-11/h1-6H,(H2,13,17)(H,15,16). The van der Waals surface area contributed by atoms with E-state index in [1.54, 1.807) is 12.3 Å². The molecule has 0 unspecified atom stereocenters. The zero-order chi connectivity index (χ0) is 12.3. The normalized spacial score (nSPS) is 9.94. The van der Waals surface area contributed by atoms with Crippen LogP contribution >= 0.6 is 28.1 Å². The van der Waals surface area contributed by atoms with E-state index in [0.717, 1.165) is 10.2 Å². The van der Waals surface area contributed by atoms with Gasteiger partial charge in [0.15, 0.2) is 5.82 Å². The van der Waals surface area contributed by atoms with E-state index in [2.05, 4.69) is 31.4 Å². The minimum Gasteiger partial charge on any atom is -0.389 e. The molecule has 0 saturated heterocycles. The molecule has 2 rings (SSSR count). The van der Waals surface area contributed by atoms with Gasteiger partial charge in [0.05, 0.1) is 11.8 Å². The van der Waals surface area contributed by atoms with Crippen LogP contribution in [-0.2, 0) is 0 Å². The first-order chi connectivity index (χ1) is 8.16. The molecule has 3 N–H and O–H groups in total. The molecule has 86 valence electrons. The Morgan fingerprint density at radius 1 is 1.35 bits per heavy atom. The van der Waals surface area contributed by atoms with Gasteiger partial charge < -0.3 is 11.1 Å². The molecule has 0 bridgehead atoms. The van der Waals surface area contributed by atoms with Crippen molar-refractivity contribution < 1.29 is 0 Å². The summed E-state index contributed by atoms with van der Waals surface area (Å²) < 4.78 is 0.975. The predicted molar refractivity (Wildman–Crippen MR) is 75.3 cm³/mol. The van der Waals surface area contributed by atoms with Crippen LogP contribution < -0.4 is 11.1 Å². The number of nitrogens with one attached hydrogen (secondary N) is 1. The summed E-state index contributed by atoms with van der Waals surface area (Å²) in [5.41, 5.74) is 7.17. The van der Waals surface area contributed by atoms with Gasteiger partial charge in [-0.05, 0) is 24.3 Å². The highest BCUT2D eigenvalue weighted by Crippen LogP contribution is 2.20. The average Bonchev–Trinajstić information content (AvgIpc) is 2.29. The minimum absolute atomic E-state index is 0.289. The van der Waals surface area contributed by atoms with Crippen LogP contribution in [0.5, 0.6) is 0 Å². The highest BCUT2D eigenvalue weighted by molar-refractivity contribution is 9.10. The molecule has 1 aromatic heterocycles. The van der Waals surface area contributed by atoms with E-state index >= 15 is 0 Å². The van der Waals surface area contributed by atoms with E-state index in [0.29, 0.717) is 11.4 Å². The van der Waals surface area contributed by atoms with Crippen molar-refractivity contribution in [3.8, 4) is 0 Å². The molecule has 0 fully saturated rings. The number of nitrogens with zero attached hydrogens (tertiary/aromatic N) is 2. The number of nitrogens with two attached hydrogens (primary N) is 1. The Hall–Kier alpha value is -1.53. The number of rotatable bonds is 3. The van der Waals surface area contributed by atoms with Crippen molar-refractivity contribution in [2.45, 2.75) is 0 Å². The summed E-state index contributed by atoms with van der Waals surface area (Å²) >= 11 is 8.35.